The molecule has 0 radical (unpaired) electrons. The Morgan fingerprint density at radius 2 is 2.10 bits per heavy atom. The first kappa shape index (κ1) is 15.5. The number of halogens is 1. The van der Waals surface area contributed by atoms with Gasteiger partial charge in [-0.05, 0) is 43.4 Å². The van der Waals surface area contributed by atoms with Crippen molar-refractivity contribution in [1.82, 2.24) is 5.32 Å². The van der Waals surface area contributed by atoms with Gasteiger partial charge in [0.25, 0.3) is 0 Å². The molecule has 20 heavy (non-hydrogen) atoms. The van der Waals surface area contributed by atoms with E-state index in [-0.39, 0.29) is 5.82 Å². The van der Waals surface area contributed by atoms with Crippen LogP contribution in [-0.4, -0.2) is 19.3 Å². The molecule has 1 aliphatic heterocycles. The average Bonchev–Trinajstić information content (AvgIpc) is 2.50. The maximum Gasteiger partial charge on any atom is 0.123 e. The first-order valence-electron chi connectivity index (χ1n) is 7.90. The first-order chi connectivity index (χ1) is 9.79. The van der Waals surface area contributed by atoms with Gasteiger partial charge in [-0.3, -0.25) is 0 Å². The molecule has 2 nitrogen and oxygen atoms in total. The molecule has 1 fully saturated rings. The molecule has 3 heteroatoms. The molecule has 1 saturated heterocycles. The molecule has 1 heterocycles. The fraction of sp³-hybridized carbons (Fsp3) is 0.647. The monoisotopic (exact) mass is 279 g/mol. The van der Waals surface area contributed by atoms with Crippen molar-refractivity contribution in [3.05, 3.63) is 35.6 Å². The minimum atomic E-state index is -0.168. The summed E-state index contributed by atoms with van der Waals surface area (Å²) in [7, 11) is 0. The Bertz CT molecular complexity index is 373. The fourth-order valence-electron chi connectivity index (χ4n) is 2.73. The van der Waals surface area contributed by atoms with Gasteiger partial charge in [0.2, 0.25) is 0 Å². The van der Waals surface area contributed by atoms with Crippen LogP contribution in [0.3, 0.4) is 0 Å². The number of ether oxygens (including phenoxy) is 1. The van der Waals surface area contributed by atoms with Crippen molar-refractivity contribution in [2.75, 3.05) is 13.2 Å². The van der Waals surface area contributed by atoms with Gasteiger partial charge in [0.05, 0.1) is 6.10 Å². The van der Waals surface area contributed by atoms with Crippen LogP contribution in [0.1, 0.15) is 57.1 Å². The Balaban J connectivity index is 1.90. The third kappa shape index (κ3) is 4.88. The van der Waals surface area contributed by atoms with Gasteiger partial charge in [0, 0.05) is 19.2 Å². The van der Waals surface area contributed by atoms with E-state index in [1.807, 2.05) is 12.1 Å². The SMILES string of the molecule is CCCCC(NCC1CCCCO1)c1ccc(F)cc1. The lowest BCUT2D eigenvalue weighted by Crippen LogP contribution is -2.34. The highest BCUT2D eigenvalue weighted by Crippen LogP contribution is 2.21. The topological polar surface area (TPSA) is 21.3 Å². The summed E-state index contributed by atoms with van der Waals surface area (Å²) in [6, 6.07) is 7.19. The van der Waals surface area contributed by atoms with Crippen LogP contribution in [0, 0.1) is 5.82 Å². The van der Waals surface area contributed by atoms with E-state index in [9.17, 15) is 4.39 Å². The van der Waals surface area contributed by atoms with Crippen LogP contribution in [0.4, 0.5) is 4.39 Å². The highest BCUT2D eigenvalue weighted by molar-refractivity contribution is 5.19. The Morgan fingerprint density at radius 1 is 1.30 bits per heavy atom. The van der Waals surface area contributed by atoms with Crippen molar-refractivity contribution < 1.29 is 9.13 Å². The van der Waals surface area contributed by atoms with Gasteiger partial charge < -0.3 is 10.1 Å². The van der Waals surface area contributed by atoms with E-state index < -0.39 is 0 Å². The van der Waals surface area contributed by atoms with E-state index in [0.717, 1.165) is 26.0 Å². The number of rotatable bonds is 7. The third-order valence-electron chi connectivity index (χ3n) is 3.98. The number of hydrogen-bond acceptors (Lipinski definition) is 2. The number of benzene rings is 1. The van der Waals surface area contributed by atoms with Crippen molar-refractivity contribution in [3.63, 3.8) is 0 Å². The van der Waals surface area contributed by atoms with Crippen molar-refractivity contribution in [1.29, 1.82) is 0 Å². The van der Waals surface area contributed by atoms with Gasteiger partial charge in [-0.2, -0.15) is 0 Å². The summed E-state index contributed by atoms with van der Waals surface area (Å²) in [6.07, 6.45) is 7.40. The van der Waals surface area contributed by atoms with E-state index >= 15 is 0 Å². The number of hydrogen-bond donors (Lipinski definition) is 1. The van der Waals surface area contributed by atoms with Crippen LogP contribution in [0.15, 0.2) is 24.3 Å². The molecule has 0 bridgehead atoms. The highest BCUT2D eigenvalue weighted by Gasteiger charge is 2.17. The van der Waals surface area contributed by atoms with E-state index in [1.165, 1.54) is 31.2 Å². The molecule has 0 aromatic heterocycles. The van der Waals surface area contributed by atoms with Crippen LogP contribution >= 0.6 is 0 Å². The second-order valence-electron chi connectivity index (χ2n) is 5.64. The zero-order valence-electron chi connectivity index (χ0n) is 12.4. The van der Waals surface area contributed by atoms with E-state index in [2.05, 4.69) is 12.2 Å². The molecule has 0 spiro atoms. The molecule has 2 rings (SSSR count). The predicted molar refractivity (Wildman–Crippen MR) is 80.3 cm³/mol. The first-order valence-corrected chi connectivity index (χ1v) is 7.90. The van der Waals surface area contributed by atoms with Gasteiger partial charge in [0.1, 0.15) is 5.82 Å². The molecular weight excluding hydrogens is 253 g/mol. The lowest BCUT2D eigenvalue weighted by atomic mass is 10.0. The molecular formula is C17H26FNO. The average molecular weight is 279 g/mol. The summed E-state index contributed by atoms with van der Waals surface area (Å²) in [4.78, 5) is 0. The fourth-order valence-corrected chi connectivity index (χ4v) is 2.73. The molecule has 2 unspecified atom stereocenters. The Morgan fingerprint density at radius 3 is 2.75 bits per heavy atom. The zero-order chi connectivity index (χ0) is 14.2. The van der Waals surface area contributed by atoms with Gasteiger partial charge in [-0.25, -0.2) is 4.39 Å². The smallest absolute Gasteiger partial charge is 0.123 e. The minimum absolute atomic E-state index is 0.168. The molecule has 1 aromatic carbocycles. The normalized spacial score (nSPS) is 20.8. The van der Waals surface area contributed by atoms with Crippen molar-refractivity contribution in [2.45, 2.75) is 57.6 Å². The molecule has 1 N–H and O–H groups in total. The standard InChI is InChI=1S/C17H26FNO/c1-2-3-7-17(14-8-10-15(18)11-9-14)19-13-16-6-4-5-12-20-16/h8-11,16-17,19H,2-7,12-13H2,1H3. The highest BCUT2D eigenvalue weighted by atomic mass is 19.1. The van der Waals surface area contributed by atoms with Crippen LogP contribution < -0.4 is 5.32 Å². The quantitative estimate of drug-likeness (QED) is 0.807. The molecule has 2 atom stereocenters. The molecule has 0 aliphatic carbocycles. The third-order valence-corrected chi connectivity index (χ3v) is 3.98. The van der Waals surface area contributed by atoms with Crippen molar-refractivity contribution in [3.8, 4) is 0 Å². The summed E-state index contributed by atoms with van der Waals surface area (Å²) >= 11 is 0. The van der Waals surface area contributed by atoms with Crippen molar-refractivity contribution in [2.24, 2.45) is 0 Å². The summed E-state index contributed by atoms with van der Waals surface area (Å²) in [6.45, 7) is 3.99. The van der Waals surface area contributed by atoms with Crippen LogP contribution in [0.25, 0.3) is 0 Å². The number of nitrogens with one attached hydrogen (secondary N) is 1. The summed E-state index contributed by atoms with van der Waals surface area (Å²) in [5.74, 6) is -0.168. The molecule has 0 amide bonds. The molecule has 1 aliphatic rings. The largest absolute Gasteiger partial charge is 0.377 e. The Labute approximate surface area is 121 Å². The van der Waals surface area contributed by atoms with E-state index in [1.54, 1.807) is 12.1 Å². The Kier molecular flexibility index (Phi) is 6.48. The maximum atomic E-state index is 13.0. The molecule has 112 valence electrons. The van der Waals surface area contributed by atoms with Gasteiger partial charge in [-0.1, -0.05) is 31.9 Å². The summed E-state index contributed by atoms with van der Waals surface area (Å²) < 4.78 is 18.8. The lowest BCUT2D eigenvalue weighted by Gasteiger charge is -2.26. The second kappa shape index (κ2) is 8.38. The molecule has 1 aromatic rings. The second-order valence-corrected chi connectivity index (χ2v) is 5.64. The predicted octanol–water partition coefficient (Wildman–Crippen LogP) is 4.22. The Hall–Kier alpha value is -0.930. The number of unbranched alkanes of at least 4 members (excludes halogenated alkanes) is 1. The van der Waals surface area contributed by atoms with Crippen molar-refractivity contribution >= 4 is 0 Å². The summed E-state index contributed by atoms with van der Waals surface area (Å²) in [5.41, 5.74) is 1.18. The zero-order valence-corrected chi connectivity index (χ0v) is 12.4. The van der Waals surface area contributed by atoms with Gasteiger partial charge >= 0.3 is 0 Å². The minimum Gasteiger partial charge on any atom is -0.377 e. The van der Waals surface area contributed by atoms with Crippen LogP contribution in [0.2, 0.25) is 0 Å². The van der Waals surface area contributed by atoms with Gasteiger partial charge in [-0.15, -0.1) is 0 Å². The van der Waals surface area contributed by atoms with Crippen LogP contribution in [0.5, 0.6) is 0 Å². The lowest BCUT2D eigenvalue weighted by molar-refractivity contribution is 0.0151. The van der Waals surface area contributed by atoms with Crippen LogP contribution in [-0.2, 0) is 4.74 Å². The van der Waals surface area contributed by atoms with Gasteiger partial charge in [0.15, 0.2) is 0 Å². The maximum absolute atomic E-state index is 13.0. The summed E-state index contributed by atoms with van der Waals surface area (Å²) in [5, 5.41) is 3.61. The molecule has 0 saturated carbocycles. The van der Waals surface area contributed by atoms with E-state index in [0.29, 0.717) is 12.1 Å². The van der Waals surface area contributed by atoms with E-state index in [4.69, 9.17) is 4.74 Å².